The van der Waals surface area contributed by atoms with Crippen LogP contribution in [0.3, 0.4) is 0 Å². The number of hydrogen-bond donors (Lipinski definition) is 0. The quantitative estimate of drug-likeness (QED) is 0.839. The first-order valence-electron chi connectivity index (χ1n) is 8.36. The van der Waals surface area contributed by atoms with Gasteiger partial charge in [-0.2, -0.15) is 0 Å². The van der Waals surface area contributed by atoms with Gasteiger partial charge >= 0.3 is 0 Å². The summed E-state index contributed by atoms with van der Waals surface area (Å²) in [6.07, 6.45) is 4.42. The average molecular weight is 323 g/mol. The second kappa shape index (κ2) is 6.53. The molecule has 1 atom stereocenters. The second-order valence-corrected chi connectivity index (χ2v) is 7.86. The summed E-state index contributed by atoms with van der Waals surface area (Å²) in [6.45, 7) is 9.22. The fourth-order valence-electron chi connectivity index (χ4n) is 3.86. The van der Waals surface area contributed by atoms with Crippen molar-refractivity contribution in [1.82, 2.24) is 14.8 Å². The van der Waals surface area contributed by atoms with Crippen molar-refractivity contribution in [2.24, 2.45) is 5.92 Å². The summed E-state index contributed by atoms with van der Waals surface area (Å²) in [4.78, 5) is 9.36. The van der Waals surface area contributed by atoms with Crippen LogP contribution >= 0.6 is 11.3 Å². The molecule has 0 saturated carbocycles. The average Bonchev–Trinajstić information content (AvgIpc) is 3.02. The minimum Gasteiger partial charge on any atom is -0.379 e. The molecule has 0 amide bonds. The number of thiazole rings is 1. The minimum absolute atomic E-state index is 0.152. The lowest BCUT2D eigenvalue weighted by molar-refractivity contribution is -0.184. The van der Waals surface area contributed by atoms with Crippen LogP contribution in [-0.2, 0) is 16.0 Å². The van der Waals surface area contributed by atoms with Gasteiger partial charge in [0.05, 0.1) is 32.0 Å². The van der Waals surface area contributed by atoms with E-state index in [0.29, 0.717) is 5.92 Å². The predicted octanol–water partition coefficient (Wildman–Crippen LogP) is 1.46. The summed E-state index contributed by atoms with van der Waals surface area (Å²) >= 11 is 1.75. The van der Waals surface area contributed by atoms with Gasteiger partial charge in [-0.3, -0.25) is 9.80 Å². The van der Waals surface area contributed by atoms with Crippen LogP contribution in [0.5, 0.6) is 0 Å². The standard InChI is InChI=1S/C16H25N3O2S/c1-2-16(12-19(13-16)10-15-17-3-8-22-15)21-11-14(1)9-18-4-6-20-7-5-18/h3,8,14H,1-2,4-7,9-13H2. The molecule has 3 saturated heterocycles. The van der Waals surface area contributed by atoms with Gasteiger partial charge in [0, 0.05) is 44.3 Å². The van der Waals surface area contributed by atoms with Crippen molar-refractivity contribution in [3.63, 3.8) is 0 Å². The number of ether oxygens (including phenoxy) is 2. The Morgan fingerprint density at radius 1 is 1.27 bits per heavy atom. The molecule has 1 aromatic rings. The molecular formula is C16H25N3O2S. The number of hydrogen-bond acceptors (Lipinski definition) is 6. The van der Waals surface area contributed by atoms with Crippen LogP contribution in [0.1, 0.15) is 17.8 Å². The summed E-state index contributed by atoms with van der Waals surface area (Å²) in [5.41, 5.74) is 0.152. The predicted molar refractivity (Wildman–Crippen MR) is 86.1 cm³/mol. The Balaban J connectivity index is 1.20. The topological polar surface area (TPSA) is 37.8 Å². The zero-order chi connectivity index (χ0) is 14.8. The molecule has 3 aliphatic rings. The first-order valence-corrected chi connectivity index (χ1v) is 9.24. The first kappa shape index (κ1) is 15.0. The molecule has 1 aromatic heterocycles. The largest absolute Gasteiger partial charge is 0.379 e. The van der Waals surface area contributed by atoms with Crippen LogP contribution < -0.4 is 0 Å². The zero-order valence-electron chi connectivity index (χ0n) is 13.1. The van der Waals surface area contributed by atoms with Crippen molar-refractivity contribution in [2.75, 3.05) is 52.5 Å². The van der Waals surface area contributed by atoms with E-state index < -0.39 is 0 Å². The summed E-state index contributed by atoms with van der Waals surface area (Å²) in [5, 5.41) is 3.27. The second-order valence-electron chi connectivity index (χ2n) is 6.88. The van der Waals surface area contributed by atoms with Crippen molar-refractivity contribution in [3.8, 4) is 0 Å². The van der Waals surface area contributed by atoms with Gasteiger partial charge in [-0.25, -0.2) is 4.98 Å². The van der Waals surface area contributed by atoms with Crippen LogP contribution in [0, 0.1) is 5.92 Å². The number of morpholine rings is 1. The van der Waals surface area contributed by atoms with Crippen molar-refractivity contribution in [3.05, 3.63) is 16.6 Å². The monoisotopic (exact) mass is 323 g/mol. The minimum atomic E-state index is 0.152. The van der Waals surface area contributed by atoms with E-state index in [1.165, 1.54) is 24.4 Å². The highest BCUT2D eigenvalue weighted by Crippen LogP contribution is 2.37. The Labute approximate surface area is 136 Å². The molecule has 0 bridgehead atoms. The summed E-state index contributed by atoms with van der Waals surface area (Å²) < 4.78 is 11.7. The van der Waals surface area contributed by atoms with E-state index in [1.807, 2.05) is 6.20 Å². The van der Waals surface area contributed by atoms with Gasteiger partial charge in [0.1, 0.15) is 5.01 Å². The van der Waals surface area contributed by atoms with Gasteiger partial charge in [-0.15, -0.1) is 11.3 Å². The maximum atomic E-state index is 6.29. The molecule has 0 N–H and O–H groups in total. The van der Waals surface area contributed by atoms with E-state index in [2.05, 4.69) is 20.2 Å². The third-order valence-corrected chi connectivity index (χ3v) is 5.88. The normalized spacial score (nSPS) is 29.5. The Morgan fingerprint density at radius 2 is 2.14 bits per heavy atom. The maximum Gasteiger partial charge on any atom is 0.107 e. The van der Waals surface area contributed by atoms with E-state index in [4.69, 9.17) is 9.47 Å². The van der Waals surface area contributed by atoms with Crippen LogP contribution in [-0.4, -0.2) is 72.9 Å². The Bertz CT molecular complexity index is 460. The Kier molecular flexibility index (Phi) is 4.46. The van der Waals surface area contributed by atoms with Gasteiger partial charge in [0.2, 0.25) is 0 Å². The van der Waals surface area contributed by atoms with Crippen molar-refractivity contribution in [1.29, 1.82) is 0 Å². The lowest BCUT2D eigenvalue weighted by Gasteiger charge is -2.53. The number of likely N-dealkylation sites (tertiary alicyclic amines) is 1. The molecule has 0 aromatic carbocycles. The van der Waals surface area contributed by atoms with Gasteiger partial charge in [-0.1, -0.05) is 0 Å². The summed E-state index contributed by atoms with van der Waals surface area (Å²) in [5.74, 6) is 0.705. The van der Waals surface area contributed by atoms with Crippen LogP contribution in [0.15, 0.2) is 11.6 Å². The first-order chi connectivity index (χ1) is 10.8. The fraction of sp³-hybridized carbons (Fsp3) is 0.812. The fourth-order valence-corrected chi connectivity index (χ4v) is 4.52. The molecule has 0 radical (unpaired) electrons. The van der Waals surface area contributed by atoms with Crippen molar-refractivity contribution in [2.45, 2.75) is 25.0 Å². The van der Waals surface area contributed by atoms with E-state index in [-0.39, 0.29) is 5.60 Å². The Hall–Kier alpha value is -0.530. The highest BCUT2D eigenvalue weighted by molar-refractivity contribution is 7.09. The van der Waals surface area contributed by atoms with Gasteiger partial charge < -0.3 is 9.47 Å². The molecule has 122 valence electrons. The molecule has 22 heavy (non-hydrogen) atoms. The van der Waals surface area contributed by atoms with Gasteiger partial charge in [0.15, 0.2) is 0 Å². The third-order valence-electron chi connectivity index (χ3n) is 5.12. The lowest BCUT2D eigenvalue weighted by Crippen LogP contribution is -2.64. The van der Waals surface area contributed by atoms with E-state index >= 15 is 0 Å². The third kappa shape index (κ3) is 3.36. The maximum absolute atomic E-state index is 6.29. The molecule has 4 heterocycles. The van der Waals surface area contributed by atoms with Crippen LogP contribution in [0.25, 0.3) is 0 Å². The number of nitrogens with zero attached hydrogens (tertiary/aromatic N) is 3. The molecular weight excluding hydrogens is 298 g/mol. The molecule has 5 nitrogen and oxygen atoms in total. The molecule has 0 aliphatic carbocycles. The molecule has 4 rings (SSSR count). The highest BCUT2D eigenvalue weighted by atomic mass is 32.1. The van der Waals surface area contributed by atoms with Crippen LogP contribution in [0.4, 0.5) is 0 Å². The molecule has 6 heteroatoms. The smallest absolute Gasteiger partial charge is 0.107 e. The molecule has 1 spiro atoms. The molecule has 1 unspecified atom stereocenters. The highest BCUT2D eigenvalue weighted by Gasteiger charge is 2.46. The SMILES string of the molecule is c1csc(CN2CC3(CCC(CN4CCOCC4)CO3)C2)n1. The van der Waals surface area contributed by atoms with E-state index in [1.54, 1.807) is 11.3 Å². The van der Waals surface area contributed by atoms with Gasteiger partial charge in [0.25, 0.3) is 0 Å². The number of rotatable bonds is 4. The molecule has 3 fully saturated rings. The van der Waals surface area contributed by atoms with E-state index in [0.717, 1.165) is 52.5 Å². The summed E-state index contributed by atoms with van der Waals surface area (Å²) in [7, 11) is 0. The zero-order valence-corrected chi connectivity index (χ0v) is 13.9. The summed E-state index contributed by atoms with van der Waals surface area (Å²) in [6, 6.07) is 0. The lowest BCUT2D eigenvalue weighted by atomic mass is 9.83. The van der Waals surface area contributed by atoms with Crippen LogP contribution in [0.2, 0.25) is 0 Å². The number of aromatic nitrogens is 1. The Morgan fingerprint density at radius 3 is 2.82 bits per heavy atom. The molecule has 3 aliphatic heterocycles. The van der Waals surface area contributed by atoms with Gasteiger partial charge in [-0.05, 0) is 18.8 Å². The van der Waals surface area contributed by atoms with Crippen molar-refractivity contribution < 1.29 is 9.47 Å². The van der Waals surface area contributed by atoms with Crippen molar-refractivity contribution >= 4 is 11.3 Å². The van der Waals surface area contributed by atoms with E-state index in [9.17, 15) is 0 Å².